The highest BCUT2D eigenvalue weighted by atomic mass is 16.4. The molecule has 1 atom stereocenters. The molecule has 6 nitrogen and oxygen atoms in total. The van der Waals surface area contributed by atoms with E-state index in [0.717, 1.165) is 12.8 Å². The average molecular weight is 216 g/mol. The minimum absolute atomic E-state index is 0.392. The standard InChI is InChI=1S/C9H20N4O2/c1-9(11,7(14)15)5-3-4-6-13-8(10)12-2/h3-6,11H2,1-2H3,(H,14,15)(H3,10,12,13)/t9-/m0/s1. The SMILES string of the molecule is CN=C(N)NCCCC[C@](C)(N)C(=O)O. The molecule has 0 rings (SSSR count). The third-order valence-corrected chi connectivity index (χ3v) is 2.16. The van der Waals surface area contributed by atoms with Crippen molar-refractivity contribution < 1.29 is 9.90 Å². The Morgan fingerprint density at radius 2 is 2.13 bits per heavy atom. The Bertz CT molecular complexity index is 238. The number of aliphatic imine (C=N–C) groups is 1. The first-order chi connectivity index (χ1) is 6.90. The summed E-state index contributed by atoms with van der Waals surface area (Å²) in [5.74, 6) is -0.575. The van der Waals surface area contributed by atoms with Crippen molar-refractivity contribution in [1.82, 2.24) is 5.32 Å². The van der Waals surface area contributed by atoms with Gasteiger partial charge in [-0.3, -0.25) is 9.79 Å². The largest absolute Gasteiger partial charge is 0.480 e. The fourth-order valence-electron chi connectivity index (χ4n) is 1.02. The zero-order chi connectivity index (χ0) is 11.9. The van der Waals surface area contributed by atoms with Crippen molar-refractivity contribution in [3.8, 4) is 0 Å². The maximum Gasteiger partial charge on any atom is 0.323 e. The molecule has 0 unspecified atom stereocenters. The second-order valence-corrected chi connectivity index (χ2v) is 3.72. The van der Waals surface area contributed by atoms with Crippen molar-refractivity contribution >= 4 is 11.9 Å². The van der Waals surface area contributed by atoms with Gasteiger partial charge in [0, 0.05) is 13.6 Å². The van der Waals surface area contributed by atoms with Crippen LogP contribution < -0.4 is 16.8 Å². The third-order valence-electron chi connectivity index (χ3n) is 2.16. The van der Waals surface area contributed by atoms with Crippen LogP contribution in [0.3, 0.4) is 0 Å². The second kappa shape index (κ2) is 6.23. The van der Waals surface area contributed by atoms with Gasteiger partial charge in [0.05, 0.1) is 0 Å². The first-order valence-corrected chi connectivity index (χ1v) is 4.88. The number of carboxylic acid groups (broad SMARTS) is 1. The Labute approximate surface area is 89.7 Å². The molecule has 0 radical (unpaired) electrons. The van der Waals surface area contributed by atoms with Gasteiger partial charge >= 0.3 is 5.97 Å². The van der Waals surface area contributed by atoms with E-state index >= 15 is 0 Å². The molecule has 0 aliphatic carbocycles. The maximum absolute atomic E-state index is 10.7. The maximum atomic E-state index is 10.7. The van der Waals surface area contributed by atoms with Gasteiger partial charge in [-0.05, 0) is 26.2 Å². The van der Waals surface area contributed by atoms with Gasteiger partial charge in [-0.1, -0.05) is 0 Å². The summed E-state index contributed by atoms with van der Waals surface area (Å²) in [6, 6.07) is 0. The number of aliphatic carboxylic acids is 1. The molecule has 0 spiro atoms. The minimum atomic E-state index is -1.13. The van der Waals surface area contributed by atoms with Gasteiger partial charge < -0.3 is 21.9 Å². The summed E-state index contributed by atoms with van der Waals surface area (Å²) in [6.07, 6.45) is 2.01. The highest BCUT2D eigenvalue weighted by molar-refractivity contribution is 5.78. The van der Waals surface area contributed by atoms with Crippen molar-refractivity contribution in [2.75, 3.05) is 13.6 Å². The number of carbonyl (C=O) groups is 1. The number of hydrogen-bond donors (Lipinski definition) is 4. The first-order valence-electron chi connectivity index (χ1n) is 4.88. The molecule has 88 valence electrons. The van der Waals surface area contributed by atoms with E-state index in [0.29, 0.717) is 18.9 Å². The lowest BCUT2D eigenvalue weighted by molar-refractivity contribution is -0.142. The Kier molecular flexibility index (Phi) is 5.69. The van der Waals surface area contributed by atoms with Crippen LogP contribution in [0, 0.1) is 0 Å². The van der Waals surface area contributed by atoms with Crippen LogP contribution in [0.5, 0.6) is 0 Å². The van der Waals surface area contributed by atoms with Crippen LogP contribution in [0.2, 0.25) is 0 Å². The van der Waals surface area contributed by atoms with Crippen LogP contribution >= 0.6 is 0 Å². The summed E-state index contributed by atoms with van der Waals surface area (Å²) in [6.45, 7) is 2.20. The van der Waals surface area contributed by atoms with E-state index in [4.69, 9.17) is 16.6 Å². The molecular weight excluding hydrogens is 196 g/mol. The number of carboxylic acids is 1. The van der Waals surface area contributed by atoms with Gasteiger partial charge in [0.1, 0.15) is 5.54 Å². The topological polar surface area (TPSA) is 114 Å². The zero-order valence-electron chi connectivity index (χ0n) is 9.29. The first kappa shape index (κ1) is 13.7. The molecule has 0 heterocycles. The molecule has 0 aromatic rings. The number of guanidine groups is 1. The van der Waals surface area contributed by atoms with Crippen LogP contribution in [0.25, 0.3) is 0 Å². The van der Waals surface area contributed by atoms with Crippen LogP contribution in [-0.4, -0.2) is 36.2 Å². The van der Waals surface area contributed by atoms with Crippen molar-refractivity contribution in [3.05, 3.63) is 0 Å². The Balaban J connectivity index is 3.59. The lowest BCUT2D eigenvalue weighted by Crippen LogP contribution is -2.44. The van der Waals surface area contributed by atoms with Gasteiger partial charge in [-0.15, -0.1) is 0 Å². The highest BCUT2D eigenvalue weighted by Crippen LogP contribution is 2.10. The van der Waals surface area contributed by atoms with E-state index in [1.54, 1.807) is 7.05 Å². The third kappa shape index (κ3) is 5.90. The molecule has 6 N–H and O–H groups in total. The van der Waals surface area contributed by atoms with E-state index in [-0.39, 0.29) is 0 Å². The van der Waals surface area contributed by atoms with E-state index in [1.165, 1.54) is 6.92 Å². The molecule has 0 bridgehead atoms. The molecule has 15 heavy (non-hydrogen) atoms. The number of hydrogen-bond acceptors (Lipinski definition) is 3. The van der Waals surface area contributed by atoms with Gasteiger partial charge in [-0.2, -0.15) is 0 Å². The monoisotopic (exact) mass is 216 g/mol. The number of nitrogens with zero attached hydrogens (tertiary/aromatic N) is 1. The predicted molar refractivity (Wildman–Crippen MR) is 59.6 cm³/mol. The normalized spacial score (nSPS) is 15.8. The van der Waals surface area contributed by atoms with Crippen molar-refractivity contribution in [1.29, 1.82) is 0 Å². The Hall–Kier alpha value is -1.30. The van der Waals surface area contributed by atoms with Crippen LogP contribution in [0.1, 0.15) is 26.2 Å². The fraction of sp³-hybridized carbons (Fsp3) is 0.778. The van der Waals surface area contributed by atoms with E-state index < -0.39 is 11.5 Å². The van der Waals surface area contributed by atoms with Gasteiger partial charge in [0.2, 0.25) is 0 Å². The van der Waals surface area contributed by atoms with Crippen molar-refractivity contribution in [3.63, 3.8) is 0 Å². The Morgan fingerprint density at radius 1 is 1.53 bits per heavy atom. The number of nitrogens with two attached hydrogens (primary N) is 2. The number of nitrogens with one attached hydrogen (secondary N) is 1. The zero-order valence-corrected chi connectivity index (χ0v) is 9.29. The lowest BCUT2D eigenvalue weighted by Gasteiger charge is -2.18. The summed E-state index contributed by atoms with van der Waals surface area (Å²) in [7, 11) is 1.60. The van der Waals surface area contributed by atoms with Crippen molar-refractivity contribution in [2.45, 2.75) is 31.7 Å². The van der Waals surface area contributed by atoms with Crippen molar-refractivity contribution in [2.24, 2.45) is 16.5 Å². The van der Waals surface area contributed by atoms with Crippen LogP contribution in [0.15, 0.2) is 4.99 Å². The molecule has 0 saturated heterocycles. The molecule has 0 amide bonds. The van der Waals surface area contributed by atoms with E-state index in [9.17, 15) is 4.79 Å². The highest BCUT2D eigenvalue weighted by Gasteiger charge is 2.26. The molecule has 0 aliphatic rings. The summed E-state index contributed by atoms with van der Waals surface area (Å²) < 4.78 is 0. The van der Waals surface area contributed by atoms with Gasteiger partial charge in [-0.25, -0.2) is 0 Å². The number of rotatable bonds is 6. The predicted octanol–water partition coefficient (Wildman–Crippen LogP) is -0.507. The second-order valence-electron chi connectivity index (χ2n) is 3.72. The molecule has 0 fully saturated rings. The van der Waals surface area contributed by atoms with E-state index in [1.807, 2.05) is 0 Å². The number of unbranched alkanes of at least 4 members (excludes halogenated alkanes) is 1. The van der Waals surface area contributed by atoms with Gasteiger partial charge in [0.25, 0.3) is 0 Å². The molecule has 0 aromatic carbocycles. The van der Waals surface area contributed by atoms with Crippen LogP contribution in [0.4, 0.5) is 0 Å². The summed E-state index contributed by atoms with van der Waals surface area (Å²) in [5, 5.41) is 11.6. The molecule has 0 saturated carbocycles. The van der Waals surface area contributed by atoms with Gasteiger partial charge in [0.15, 0.2) is 5.96 Å². The summed E-state index contributed by atoms with van der Waals surface area (Å²) in [4.78, 5) is 14.4. The quantitative estimate of drug-likeness (QED) is 0.271. The molecule has 6 heteroatoms. The summed E-state index contributed by atoms with van der Waals surface area (Å²) >= 11 is 0. The van der Waals surface area contributed by atoms with E-state index in [2.05, 4.69) is 10.3 Å². The average Bonchev–Trinajstić information content (AvgIpc) is 2.16. The fourth-order valence-corrected chi connectivity index (χ4v) is 1.02. The van der Waals surface area contributed by atoms with Crippen LogP contribution in [-0.2, 0) is 4.79 Å². The summed E-state index contributed by atoms with van der Waals surface area (Å²) in [5.41, 5.74) is 9.83. The lowest BCUT2D eigenvalue weighted by atomic mass is 9.96. The minimum Gasteiger partial charge on any atom is -0.480 e. The molecular formula is C9H20N4O2. The molecule has 0 aliphatic heterocycles. The Morgan fingerprint density at radius 3 is 2.60 bits per heavy atom. The smallest absolute Gasteiger partial charge is 0.323 e. The molecule has 0 aromatic heterocycles.